The highest BCUT2D eigenvalue weighted by Crippen LogP contribution is 2.02. The quantitative estimate of drug-likeness (QED) is 0.524. The van der Waals surface area contributed by atoms with Crippen molar-refractivity contribution in [1.82, 2.24) is 9.55 Å². The van der Waals surface area contributed by atoms with Crippen LogP contribution < -0.4 is 0 Å². The largest absolute Gasteiger partial charge is 0.477 e. The van der Waals surface area contributed by atoms with Crippen molar-refractivity contribution in [3.8, 4) is 6.07 Å². The number of carbonyl (C=O) groups is 1. The maximum atomic E-state index is 10.4. The van der Waals surface area contributed by atoms with Crippen LogP contribution >= 0.6 is 0 Å². The van der Waals surface area contributed by atoms with E-state index in [-0.39, 0.29) is 5.57 Å². The summed E-state index contributed by atoms with van der Waals surface area (Å²) in [5.74, 6) is -1.24. The molecule has 0 spiro atoms. The fourth-order valence-electron chi connectivity index (χ4n) is 0.797. The second-order valence-corrected chi connectivity index (χ2v) is 2.44. The summed E-state index contributed by atoms with van der Waals surface area (Å²) < 4.78 is 1.67. The van der Waals surface area contributed by atoms with Crippen LogP contribution in [0.4, 0.5) is 0 Å². The molecule has 13 heavy (non-hydrogen) atoms. The predicted octanol–water partition coefficient (Wildman–Crippen LogP) is 0.412. The van der Waals surface area contributed by atoms with Gasteiger partial charge in [-0.15, -0.1) is 0 Å². The third-order valence-electron chi connectivity index (χ3n) is 1.37. The van der Waals surface area contributed by atoms with Gasteiger partial charge in [0, 0.05) is 13.2 Å². The maximum absolute atomic E-state index is 10.4. The lowest BCUT2D eigenvalue weighted by atomic mass is 10.2. The predicted molar refractivity (Wildman–Crippen MR) is 44.4 cm³/mol. The molecule has 5 heteroatoms. The molecule has 66 valence electrons. The summed E-state index contributed by atoms with van der Waals surface area (Å²) in [6.07, 6.45) is 4.38. The molecule has 0 saturated carbocycles. The fourth-order valence-corrected chi connectivity index (χ4v) is 0.797. The molecule has 0 aliphatic carbocycles. The van der Waals surface area contributed by atoms with Crippen LogP contribution in [0.3, 0.4) is 0 Å². The van der Waals surface area contributed by atoms with E-state index < -0.39 is 5.97 Å². The van der Waals surface area contributed by atoms with E-state index in [0.717, 1.165) is 0 Å². The molecule has 5 nitrogen and oxygen atoms in total. The van der Waals surface area contributed by atoms with Gasteiger partial charge >= 0.3 is 5.97 Å². The molecule has 1 rings (SSSR count). The van der Waals surface area contributed by atoms with Crippen LogP contribution in [0.1, 0.15) is 5.69 Å². The van der Waals surface area contributed by atoms with E-state index in [9.17, 15) is 4.79 Å². The van der Waals surface area contributed by atoms with Crippen LogP contribution in [-0.4, -0.2) is 20.6 Å². The summed E-state index contributed by atoms with van der Waals surface area (Å²) >= 11 is 0. The first-order valence-electron chi connectivity index (χ1n) is 3.46. The summed E-state index contributed by atoms with van der Waals surface area (Å²) in [5.41, 5.74) is 0.139. The number of aromatic nitrogens is 2. The number of carboxylic acid groups (broad SMARTS) is 1. The SMILES string of the molecule is Cn1cnc(/C=C(/C#N)C(=O)O)c1. The zero-order valence-corrected chi connectivity index (χ0v) is 6.93. The highest BCUT2D eigenvalue weighted by Gasteiger charge is 2.06. The average molecular weight is 177 g/mol. The molecule has 0 amide bonds. The molecule has 0 unspecified atom stereocenters. The lowest BCUT2D eigenvalue weighted by Crippen LogP contribution is -1.97. The van der Waals surface area contributed by atoms with E-state index in [2.05, 4.69) is 4.98 Å². The van der Waals surface area contributed by atoms with Gasteiger partial charge in [0.25, 0.3) is 0 Å². The summed E-state index contributed by atoms with van der Waals surface area (Å²) in [5, 5.41) is 16.9. The van der Waals surface area contributed by atoms with Crippen LogP contribution in [0.25, 0.3) is 6.08 Å². The number of carboxylic acids is 1. The average Bonchev–Trinajstić information content (AvgIpc) is 2.46. The van der Waals surface area contributed by atoms with Gasteiger partial charge in [-0.1, -0.05) is 0 Å². The molecule has 0 bridgehead atoms. The lowest BCUT2D eigenvalue weighted by Gasteiger charge is -1.86. The Balaban J connectivity index is 3.00. The first-order chi connectivity index (χ1) is 6.13. The zero-order valence-electron chi connectivity index (χ0n) is 6.93. The monoisotopic (exact) mass is 177 g/mol. The van der Waals surface area contributed by atoms with Crippen molar-refractivity contribution in [1.29, 1.82) is 5.26 Å². The molecule has 0 aromatic carbocycles. The van der Waals surface area contributed by atoms with Crippen molar-refractivity contribution >= 4 is 12.0 Å². The maximum Gasteiger partial charge on any atom is 0.346 e. The minimum atomic E-state index is -1.24. The van der Waals surface area contributed by atoms with Gasteiger partial charge in [0.2, 0.25) is 0 Å². The first-order valence-corrected chi connectivity index (χ1v) is 3.46. The molecule has 0 fully saturated rings. The van der Waals surface area contributed by atoms with Gasteiger partial charge < -0.3 is 9.67 Å². The van der Waals surface area contributed by atoms with E-state index in [1.807, 2.05) is 0 Å². The molecule has 0 radical (unpaired) electrons. The van der Waals surface area contributed by atoms with E-state index >= 15 is 0 Å². The Hall–Kier alpha value is -2.09. The molecule has 0 aliphatic rings. The van der Waals surface area contributed by atoms with Crippen molar-refractivity contribution in [2.45, 2.75) is 0 Å². The van der Waals surface area contributed by atoms with E-state index in [4.69, 9.17) is 10.4 Å². The lowest BCUT2D eigenvalue weighted by molar-refractivity contribution is -0.132. The topological polar surface area (TPSA) is 78.9 Å². The molecule has 0 atom stereocenters. The van der Waals surface area contributed by atoms with E-state index in [0.29, 0.717) is 5.69 Å². The molecule has 1 N–H and O–H groups in total. The van der Waals surface area contributed by atoms with Gasteiger partial charge in [-0.25, -0.2) is 9.78 Å². The number of aryl methyl sites for hydroxylation is 1. The van der Waals surface area contributed by atoms with Crippen LogP contribution in [-0.2, 0) is 11.8 Å². The summed E-state index contributed by atoms with van der Waals surface area (Å²) in [7, 11) is 1.76. The normalized spacial score (nSPS) is 10.9. The van der Waals surface area contributed by atoms with Gasteiger partial charge in [-0.05, 0) is 6.08 Å². The zero-order chi connectivity index (χ0) is 9.84. The van der Waals surface area contributed by atoms with Gasteiger partial charge in [-0.3, -0.25) is 0 Å². The number of imidazole rings is 1. The summed E-state index contributed by atoms with van der Waals surface area (Å²) in [4.78, 5) is 14.3. The van der Waals surface area contributed by atoms with Crippen LogP contribution in [0.15, 0.2) is 18.1 Å². The Morgan fingerprint density at radius 2 is 2.54 bits per heavy atom. The van der Waals surface area contributed by atoms with Crippen molar-refractivity contribution in [2.24, 2.45) is 7.05 Å². The Labute approximate surface area is 74.6 Å². The fraction of sp³-hybridized carbons (Fsp3) is 0.125. The highest BCUT2D eigenvalue weighted by atomic mass is 16.4. The molecule has 1 aromatic rings. The Kier molecular flexibility index (Phi) is 2.45. The number of rotatable bonds is 2. The number of hydrogen-bond acceptors (Lipinski definition) is 3. The molecular formula is C8H7N3O2. The van der Waals surface area contributed by atoms with Crippen LogP contribution in [0.2, 0.25) is 0 Å². The Bertz CT molecular complexity index is 398. The van der Waals surface area contributed by atoms with E-state index in [1.54, 1.807) is 23.9 Å². The van der Waals surface area contributed by atoms with Crippen molar-refractivity contribution in [3.05, 3.63) is 23.8 Å². The van der Waals surface area contributed by atoms with E-state index in [1.165, 1.54) is 12.4 Å². The smallest absolute Gasteiger partial charge is 0.346 e. The van der Waals surface area contributed by atoms with Gasteiger partial charge in [0.1, 0.15) is 11.6 Å². The van der Waals surface area contributed by atoms with Crippen LogP contribution in [0.5, 0.6) is 0 Å². The molecule has 0 aliphatic heterocycles. The Morgan fingerprint density at radius 1 is 1.85 bits per heavy atom. The van der Waals surface area contributed by atoms with Gasteiger partial charge in [0.15, 0.2) is 0 Å². The molecular weight excluding hydrogens is 170 g/mol. The number of nitriles is 1. The second kappa shape index (κ2) is 3.54. The highest BCUT2D eigenvalue weighted by molar-refractivity contribution is 5.96. The number of nitrogens with zero attached hydrogens (tertiary/aromatic N) is 3. The third kappa shape index (κ3) is 2.17. The van der Waals surface area contributed by atoms with Crippen LogP contribution in [0, 0.1) is 11.3 Å². The summed E-state index contributed by atoms with van der Waals surface area (Å²) in [6.45, 7) is 0. The van der Waals surface area contributed by atoms with Gasteiger partial charge in [-0.2, -0.15) is 5.26 Å². The van der Waals surface area contributed by atoms with Crippen molar-refractivity contribution < 1.29 is 9.90 Å². The third-order valence-corrected chi connectivity index (χ3v) is 1.37. The first kappa shape index (κ1) is 9.00. The minimum Gasteiger partial charge on any atom is -0.477 e. The standard InChI is InChI=1S/C8H7N3O2/c1-11-4-7(10-5-11)2-6(3-9)8(12)13/h2,4-5H,1H3,(H,12,13)/b6-2-. The molecule has 1 aromatic heterocycles. The number of aliphatic carboxylic acids is 1. The molecule has 0 saturated heterocycles. The van der Waals surface area contributed by atoms with Crippen molar-refractivity contribution in [3.63, 3.8) is 0 Å². The summed E-state index contributed by atoms with van der Waals surface area (Å²) in [6, 6.07) is 1.57. The minimum absolute atomic E-state index is 0.321. The second-order valence-electron chi connectivity index (χ2n) is 2.44. The number of hydrogen-bond donors (Lipinski definition) is 1. The van der Waals surface area contributed by atoms with Gasteiger partial charge in [0.05, 0.1) is 12.0 Å². The van der Waals surface area contributed by atoms with Crippen molar-refractivity contribution in [2.75, 3.05) is 0 Å². The Morgan fingerprint density at radius 3 is 2.92 bits per heavy atom. The molecule has 1 heterocycles.